The maximum absolute atomic E-state index is 10.0. The van der Waals surface area contributed by atoms with Gasteiger partial charge in [-0.15, -0.1) is 0 Å². The highest BCUT2D eigenvalue weighted by molar-refractivity contribution is 5.54. The van der Waals surface area contributed by atoms with E-state index < -0.39 is 0 Å². The Labute approximate surface area is 124 Å². The summed E-state index contributed by atoms with van der Waals surface area (Å²) in [6.45, 7) is 2.77. The lowest BCUT2D eigenvalue weighted by molar-refractivity contribution is 0.357. The molecule has 0 bridgehead atoms. The maximum Gasteiger partial charge on any atom is 0.122 e. The summed E-state index contributed by atoms with van der Waals surface area (Å²) < 4.78 is 10.7. The van der Waals surface area contributed by atoms with Crippen LogP contribution in [0.2, 0.25) is 0 Å². The van der Waals surface area contributed by atoms with Gasteiger partial charge in [0.15, 0.2) is 0 Å². The van der Waals surface area contributed by atoms with Crippen molar-refractivity contribution in [2.45, 2.75) is 19.4 Å². The number of rotatable bonds is 4. The fourth-order valence-corrected chi connectivity index (χ4v) is 2.61. The van der Waals surface area contributed by atoms with Crippen LogP contribution in [0.5, 0.6) is 17.2 Å². The molecule has 1 atom stereocenters. The third-order valence-corrected chi connectivity index (χ3v) is 3.77. The summed E-state index contributed by atoms with van der Waals surface area (Å²) in [7, 11) is 1.62. The van der Waals surface area contributed by atoms with E-state index >= 15 is 0 Å². The molecule has 0 aliphatic carbocycles. The second-order valence-corrected chi connectivity index (χ2v) is 5.21. The number of phenols is 1. The van der Waals surface area contributed by atoms with E-state index in [-0.39, 0.29) is 11.8 Å². The van der Waals surface area contributed by atoms with Crippen LogP contribution in [0, 0.1) is 0 Å². The maximum atomic E-state index is 10.0. The van der Waals surface area contributed by atoms with Gasteiger partial charge in [0.2, 0.25) is 0 Å². The van der Waals surface area contributed by atoms with E-state index in [2.05, 4.69) is 11.4 Å². The van der Waals surface area contributed by atoms with Crippen molar-refractivity contribution in [1.29, 1.82) is 0 Å². The molecule has 2 N–H and O–H groups in total. The van der Waals surface area contributed by atoms with E-state index in [1.807, 2.05) is 25.1 Å². The number of phenolic OH excluding ortho intramolecular Hbond substituents is 1. The Morgan fingerprint density at radius 2 is 2.10 bits per heavy atom. The second kappa shape index (κ2) is 5.56. The van der Waals surface area contributed by atoms with E-state index in [4.69, 9.17) is 9.47 Å². The number of benzene rings is 2. The molecule has 1 heterocycles. The first kappa shape index (κ1) is 13.6. The van der Waals surface area contributed by atoms with E-state index in [9.17, 15) is 5.11 Å². The lowest BCUT2D eigenvalue weighted by Crippen LogP contribution is -2.07. The monoisotopic (exact) mass is 285 g/mol. The molecular formula is C17H19NO3. The van der Waals surface area contributed by atoms with Gasteiger partial charge in [0.1, 0.15) is 17.2 Å². The van der Waals surface area contributed by atoms with Crippen molar-refractivity contribution < 1.29 is 14.6 Å². The smallest absolute Gasteiger partial charge is 0.122 e. The molecule has 0 spiro atoms. The molecule has 110 valence electrons. The minimum absolute atomic E-state index is 0.0273. The number of fused-ring (bicyclic) bond motifs is 1. The molecular weight excluding hydrogens is 266 g/mol. The predicted molar refractivity (Wildman–Crippen MR) is 82.3 cm³/mol. The van der Waals surface area contributed by atoms with Crippen LogP contribution in [0.25, 0.3) is 0 Å². The molecule has 0 amide bonds. The third-order valence-electron chi connectivity index (χ3n) is 3.77. The molecule has 4 nitrogen and oxygen atoms in total. The first-order valence-corrected chi connectivity index (χ1v) is 7.06. The lowest BCUT2D eigenvalue weighted by atomic mass is 10.1. The number of hydrogen-bond donors (Lipinski definition) is 2. The molecule has 0 saturated carbocycles. The van der Waals surface area contributed by atoms with E-state index in [1.165, 1.54) is 5.56 Å². The summed E-state index contributed by atoms with van der Waals surface area (Å²) in [6.07, 6.45) is 0.948. The highest BCUT2D eigenvalue weighted by atomic mass is 16.5. The Kier molecular flexibility index (Phi) is 3.60. The van der Waals surface area contributed by atoms with Crippen molar-refractivity contribution in [1.82, 2.24) is 0 Å². The number of hydrogen-bond acceptors (Lipinski definition) is 4. The molecule has 2 aromatic carbocycles. The van der Waals surface area contributed by atoms with E-state index in [0.717, 1.165) is 35.8 Å². The van der Waals surface area contributed by atoms with Gasteiger partial charge >= 0.3 is 0 Å². The molecule has 21 heavy (non-hydrogen) atoms. The first-order chi connectivity index (χ1) is 10.2. The molecule has 1 aliphatic rings. The topological polar surface area (TPSA) is 50.7 Å². The van der Waals surface area contributed by atoms with Crippen LogP contribution in [0.1, 0.15) is 24.1 Å². The van der Waals surface area contributed by atoms with Crippen molar-refractivity contribution in [3.05, 3.63) is 47.5 Å². The van der Waals surface area contributed by atoms with Gasteiger partial charge in [-0.2, -0.15) is 0 Å². The number of aromatic hydroxyl groups is 1. The van der Waals surface area contributed by atoms with Crippen LogP contribution < -0.4 is 14.8 Å². The Morgan fingerprint density at radius 3 is 2.90 bits per heavy atom. The Hall–Kier alpha value is -2.36. The van der Waals surface area contributed by atoms with Crippen LogP contribution in [0.15, 0.2) is 36.4 Å². The van der Waals surface area contributed by atoms with Crippen molar-refractivity contribution in [3.63, 3.8) is 0 Å². The van der Waals surface area contributed by atoms with Crippen molar-refractivity contribution in [2.75, 3.05) is 19.0 Å². The van der Waals surface area contributed by atoms with Crippen LogP contribution in [0.4, 0.5) is 5.69 Å². The largest absolute Gasteiger partial charge is 0.508 e. The molecule has 0 radical (unpaired) electrons. The zero-order valence-corrected chi connectivity index (χ0v) is 12.2. The van der Waals surface area contributed by atoms with Crippen molar-refractivity contribution in [2.24, 2.45) is 0 Å². The molecule has 0 aromatic heterocycles. The number of anilines is 1. The Bertz CT molecular complexity index is 654. The fraction of sp³-hybridized carbons (Fsp3) is 0.294. The van der Waals surface area contributed by atoms with Gasteiger partial charge in [-0.25, -0.2) is 0 Å². The van der Waals surface area contributed by atoms with Gasteiger partial charge in [0.25, 0.3) is 0 Å². The van der Waals surface area contributed by atoms with Crippen molar-refractivity contribution in [3.8, 4) is 17.2 Å². The zero-order valence-electron chi connectivity index (χ0n) is 12.2. The van der Waals surface area contributed by atoms with Crippen LogP contribution in [-0.2, 0) is 6.42 Å². The molecule has 0 saturated heterocycles. The minimum Gasteiger partial charge on any atom is -0.508 e. The SMILES string of the molecule is COc1ccc(O)c(C(C)Nc2ccc3c(c2)CCO3)c1. The lowest BCUT2D eigenvalue weighted by Gasteiger charge is -2.18. The number of ether oxygens (including phenoxy) is 2. The third kappa shape index (κ3) is 2.75. The molecule has 0 fully saturated rings. The summed E-state index contributed by atoms with van der Waals surface area (Å²) in [6, 6.07) is 11.3. The number of methoxy groups -OCH3 is 1. The average molecular weight is 285 g/mol. The summed E-state index contributed by atoms with van der Waals surface area (Å²) >= 11 is 0. The molecule has 2 aromatic rings. The van der Waals surface area contributed by atoms with Gasteiger partial charge < -0.3 is 19.9 Å². The average Bonchev–Trinajstić information content (AvgIpc) is 2.95. The first-order valence-electron chi connectivity index (χ1n) is 7.06. The summed E-state index contributed by atoms with van der Waals surface area (Å²) in [5.74, 6) is 1.97. The van der Waals surface area contributed by atoms with E-state index in [0.29, 0.717) is 0 Å². The Morgan fingerprint density at radius 1 is 1.24 bits per heavy atom. The fourth-order valence-electron chi connectivity index (χ4n) is 2.61. The quantitative estimate of drug-likeness (QED) is 0.902. The van der Waals surface area contributed by atoms with Gasteiger partial charge in [-0.1, -0.05) is 0 Å². The second-order valence-electron chi connectivity index (χ2n) is 5.21. The molecule has 3 rings (SSSR count). The molecule has 1 unspecified atom stereocenters. The minimum atomic E-state index is -0.0273. The van der Waals surface area contributed by atoms with Crippen LogP contribution >= 0.6 is 0 Å². The molecule has 1 aliphatic heterocycles. The predicted octanol–water partition coefficient (Wildman–Crippen LogP) is 3.51. The Balaban J connectivity index is 1.81. The zero-order chi connectivity index (χ0) is 14.8. The molecule has 4 heteroatoms. The van der Waals surface area contributed by atoms with Gasteiger partial charge in [-0.3, -0.25) is 0 Å². The standard InChI is InChI=1S/C17H19NO3/c1-11(15-10-14(20-2)4-5-16(15)19)18-13-3-6-17-12(9-13)7-8-21-17/h3-6,9-11,18-19H,7-8H2,1-2H3. The normalized spacial score (nSPS) is 14.2. The van der Waals surface area contributed by atoms with Crippen molar-refractivity contribution >= 4 is 5.69 Å². The van der Waals surface area contributed by atoms with Crippen LogP contribution in [-0.4, -0.2) is 18.8 Å². The summed E-state index contributed by atoms with van der Waals surface area (Å²) in [5.41, 5.74) is 3.06. The highest BCUT2D eigenvalue weighted by Crippen LogP contribution is 2.33. The summed E-state index contributed by atoms with van der Waals surface area (Å²) in [4.78, 5) is 0. The van der Waals surface area contributed by atoms with Crippen LogP contribution in [0.3, 0.4) is 0 Å². The van der Waals surface area contributed by atoms with E-state index in [1.54, 1.807) is 19.2 Å². The number of nitrogens with one attached hydrogen (secondary N) is 1. The van der Waals surface area contributed by atoms with Gasteiger partial charge in [-0.05, 0) is 48.9 Å². The summed E-state index contributed by atoms with van der Waals surface area (Å²) in [5, 5.41) is 13.4. The van der Waals surface area contributed by atoms with Gasteiger partial charge in [0, 0.05) is 17.7 Å². The highest BCUT2D eigenvalue weighted by Gasteiger charge is 2.15. The van der Waals surface area contributed by atoms with Gasteiger partial charge in [0.05, 0.1) is 19.8 Å².